The molecule has 0 saturated carbocycles. The summed E-state index contributed by atoms with van der Waals surface area (Å²) in [6.07, 6.45) is -1.74. The van der Waals surface area contributed by atoms with E-state index in [1.807, 2.05) is 60.7 Å². The molecule has 0 N–H and O–H groups in total. The van der Waals surface area contributed by atoms with Gasteiger partial charge in [-0.05, 0) is 31.9 Å². The molecule has 2 aromatic carbocycles. The van der Waals surface area contributed by atoms with Crippen molar-refractivity contribution in [3.63, 3.8) is 0 Å². The quantitative estimate of drug-likeness (QED) is 0.397. The Labute approximate surface area is 181 Å². The molecule has 1 aliphatic rings. The molecule has 1 aliphatic heterocycles. The second-order valence-electron chi connectivity index (χ2n) is 8.38. The minimum atomic E-state index is -0.922. The van der Waals surface area contributed by atoms with Crippen molar-refractivity contribution in [3.8, 4) is 0 Å². The van der Waals surface area contributed by atoms with Crippen LogP contribution in [0.5, 0.6) is 0 Å². The second-order valence-corrected chi connectivity index (χ2v) is 8.38. The Morgan fingerprint density at radius 3 is 2.03 bits per heavy atom. The largest absolute Gasteiger partial charge is 0.463 e. The molecule has 0 unspecified atom stereocenters. The number of amides is 1. The minimum Gasteiger partial charge on any atom is -0.463 e. The van der Waals surface area contributed by atoms with Gasteiger partial charge in [0.25, 0.3) is 6.47 Å². The van der Waals surface area contributed by atoms with Gasteiger partial charge < -0.3 is 14.2 Å². The highest BCUT2D eigenvalue weighted by Gasteiger charge is 2.44. The predicted molar refractivity (Wildman–Crippen MR) is 113 cm³/mol. The van der Waals surface area contributed by atoms with E-state index >= 15 is 0 Å². The summed E-state index contributed by atoms with van der Waals surface area (Å²) in [5, 5.41) is 0. The molecular formula is C24H27NO6. The first kappa shape index (κ1) is 22.3. The first-order valence-corrected chi connectivity index (χ1v) is 10.2. The summed E-state index contributed by atoms with van der Waals surface area (Å²) >= 11 is 0. The molecule has 2 atom stereocenters. The van der Waals surface area contributed by atoms with Gasteiger partial charge in [0.2, 0.25) is 0 Å². The van der Waals surface area contributed by atoms with Crippen molar-refractivity contribution in [2.75, 3.05) is 6.54 Å². The van der Waals surface area contributed by atoms with Crippen molar-refractivity contribution in [2.45, 2.75) is 51.0 Å². The Balaban J connectivity index is 1.84. The number of hydrogen-bond donors (Lipinski definition) is 0. The highest BCUT2D eigenvalue weighted by Crippen LogP contribution is 2.30. The van der Waals surface area contributed by atoms with Gasteiger partial charge in [-0.25, -0.2) is 9.59 Å². The van der Waals surface area contributed by atoms with E-state index in [4.69, 9.17) is 14.2 Å². The van der Waals surface area contributed by atoms with Crippen LogP contribution in [0.3, 0.4) is 0 Å². The smallest absolute Gasteiger partial charge is 0.411 e. The molecule has 1 saturated heterocycles. The van der Waals surface area contributed by atoms with Crippen molar-refractivity contribution in [1.29, 1.82) is 0 Å². The summed E-state index contributed by atoms with van der Waals surface area (Å²) in [5.74, 6) is -0.583. The van der Waals surface area contributed by atoms with Gasteiger partial charge in [-0.2, -0.15) is 0 Å². The van der Waals surface area contributed by atoms with Crippen LogP contribution in [-0.4, -0.2) is 47.7 Å². The van der Waals surface area contributed by atoms with E-state index in [-0.39, 0.29) is 13.0 Å². The van der Waals surface area contributed by atoms with E-state index in [0.29, 0.717) is 6.47 Å². The molecule has 0 aliphatic carbocycles. The molecule has 0 aromatic heterocycles. The number of carbonyl (C=O) groups excluding carboxylic acids is 3. The van der Waals surface area contributed by atoms with Crippen LogP contribution < -0.4 is 0 Å². The average molecular weight is 425 g/mol. The summed E-state index contributed by atoms with van der Waals surface area (Å²) in [5.41, 5.74) is 0.889. The third kappa shape index (κ3) is 5.84. The molecule has 0 bridgehead atoms. The number of esters is 1. The zero-order chi connectivity index (χ0) is 22.4. The van der Waals surface area contributed by atoms with Gasteiger partial charge in [0, 0.05) is 6.42 Å². The van der Waals surface area contributed by atoms with E-state index < -0.39 is 35.9 Å². The van der Waals surface area contributed by atoms with Crippen LogP contribution in [0.1, 0.15) is 44.4 Å². The first-order chi connectivity index (χ1) is 14.8. The fraction of sp³-hybridized carbons (Fsp3) is 0.375. The predicted octanol–water partition coefficient (Wildman–Crippen LogP) is 3.87. The molecule has 1 heterocycles. The SMILES string of the molecule is CC(C)(C)OC(=O)N1C[C@@H](OC=O)C[C@@H]1C(=O)OC(c1ccccc1)c1ccccc1. The summed E-state index contributed by atoms with van der Waals surface area (Å²) < 4.78 is 16.4. The Kier molecular flexibility index (Phi) is 6.95. The van der Waals surface area contributed by atoms with Crippen LogP contribution in [0.2, 0.25) is 0 Å². The summed E-state index contributed by atoms with van der Waals surface area (Å²) in [6.45, 7) is 5.62. The molecule has 7 nitrogen and oxygen atoms in total. The van der Waals surface area contributed by atoms with E-state index in [1.54, 1.807) is 20.8 Å². The molecule has 7 heteroatoms. The summed E-state index contributed by atoms with van der Waals surface area (Å²) in [4.78, 5) is 38.0. The summed E-state index contributed by atoms with van der Waals surface area (Å²) in [6, 6.07) is 17.8. The molecule has 3 rings (SSSR count). The van der Waals surface area contributed by atoms with Gasteiger partial charge in [0.15, 0.2) is 6.10 Å². The number of likely N-dealkylation sites (tertiary alicyclic amines) is 1. The number of carbonyl (C=O) groups is 3. The molecule has 164 valence electrons. The lowest BCUT2D eigenvalue weighted by Crippen LogP contribution is -2.44. The lowest BCUT2D eigenvalue weighted by atomic mass is 10.0. The van der Waals surface area contributed by atoms with Crippen molar-refractivity contribution < 1.29 is 28.6 Å². The monoisotopic (exact) mass is 425 g/mol. The van der Waals surface area contributed by atoms with Gasteiger partial charge in [-0.15, -0.1) is 0 Å². The van der Waals surface area contributed by atoms with Crippen molar-refractivity contribution in [2.24, 2.45) is 0 Å². The maximum absolute atomic E-state index is 13.2. The van der Waals surface area contributed by atoms with Crippen molar-refractivity contribution in [3.05, 3.63) is 71.8 Å². The Morgan fingerprint density at radius 2 is 1.55 bits per heavy atom. The topological polar surface area (TPSA) is 82.1 Å². The van der Waals surface area contributed by atoms with Crippen molar-refractivity contribution in [1.82, 2.24) is 4.90 Å². The number of nitrogens with zero attached hydrogens (tertiary/aromatic N) is 1. The molecule has 1 fully saturated rings. The first-order valence-electron chi connectivity index (χ1n) is 10.2. The van der Waals surface area contributed by atoms with Crippen molar-refractivity contribution >= 4 is 18.5 Å². The highest BCUT2D eigenvalue weighted by molar-refractivity contribution is 5.83. The fourth-order valence-electron chi connectivity index (χ4n) is 3.50. The van der Waals surface area contributed by atoms with Gasteiger partial charge >= 0.3 is 12.1 Å². The van der Waals surface area contributed by atoms with Crippen LogP contribution in [0.25, 0.3) is 0 Å². The van der Waals surface area contributed by atoms with Crippen LogP contribution in [0.15, 0.2) is 60.7 Å². The lowest BCUT2D eigenvalue weighted by molar-refractivity contribution is -0.153. The number of benzene rings is 2. The number of rotatable bonds is 6. The van der Waals surface area contributed by atoms with Crippen LogP contribution in [0.4, 0.5) is 4.79 Å². The van der Waals surface area contributed by atoms with Crippen LogP contribution in [-0.2, 0) is 23.8 Å². The maximum atomic E-state index is 13.2. The lowest BCUT2D eigenvalue weighted by Gasteiger charge is -2.28. The van der Waals surface area contributed by atoms with Gasteiger partial charge in [0.1, 0.15) is 17.7 Å². The molecular weight excluding hydrogens is 398 g/mol. The Hall–Kier alpha value is -3.35. The van der Waals surface area contributed by atoms with E-state index in [9.17, 15) is 14.4 Å². The Morgan fingerprint density at radius 1 is 1.00 bits per heavy atom. The average Bonchev–Trinajstić information content (AvgIpc) is 3.16. The number of ether oxygens (including phenoxy) is 3. The molecule has 0 radical (unpaired) electrons. The molecule has 2 aromatic rings. The summed E-state index contributed by atoms with van der Waals surface area (Å²) in [7, 11) is 0. The third-order valence-electron chi connectivity index (χ3n) is 4.85. The normalized spacial score (nSPS) is 18.5. The van der Waals surface area contributed by atoms with Gasteiger partial charge in [-0.3, -0.25) is 9.69 Å². The highest BCUT2D eigenvalue weighted by atomic mass is 16.6. The third-order valence-corrected chi connectivity index (χ3v) is 4.85. The Bertz CT molecular complexity index is 854. The minimum absolute atomic E-state index is 0.0642. The fourth-order valence-corrected chi connectivity index (χ4v) is 3.50. The number of hydrogen-bond acceptors (Lipinski definition) is 6. The molecule has 31 heavy (non-hydrogen) atoms. The van der Waals surface area contributed by atoms with Gasteiger partial charge in [0.05, 0.1) is 6.54 Å². The van der Waals surface area contributed by atoms with E-state index in [0.717, 1.165) is 11.1 Å². The van der Waals surface area contributed by atoms with E-state index in [2.05, 4.69) is 0 Å². The maximum Gasteiger partial charge on any atom is 0.411 e. The second kappa shape index (κ2) is 9.64. The van der Waals surface area contributed by atoms with Crippen LogP contribution in [0, 0.1) is 0 Å². The zero-order valence-electron chi connectivity index (χ0n) is 17.9. The zero-order valence-corrected chi connectivity index (χ0v) is 17.9. The standard InChI is InChI=1S/C24H27NO6/c1-24(2,3)31-23(28)25-15-19(29-16-26)14-20(25)22(27)30-21(17-10-6-4-7-11-17)18-12-8-5-9-13-18/h4-13,16,19-21H,14-15H2,1-3H3/t19-,20+/m0/s1. The van der Waals surface area contributed by atoms with E-state index in [1.165, 1.54) is 4.90 Å². The van der Waals surface area contributed by atoms with Gasteiger partial charge in [-0.1, -0.05) is 60.7 Å². The molecule has 1 amide bonds. The van der Waals surface area contributed by atoms with Crippen LogP contribution >= 0.6 is 0 Å². The molecule has 0 spiro atoms.